The smallest absolute Gasteiger partial charge is 0.318 e. The quantitative estimate of drug-likeness (QED) is 0.804. The third kappa shape index (κ3) is 1.99. The SMILES string of the molecule is NCc1nnc(N2CCC3(O)CCCCC3C2)o1. The highest BCUT2D eigenvalue weighted by Crippen LogP contribution is 2.40. The number of piperidine rings is 1. The molecule has 3 N–H and O–H groups in total. The van der Waals surface area contributed by atoms with Crippen LogP contribution in [-0.4, -0.2) is 34.0 Å². The van der Waals surface area contributed by atoms with Gasteiger partial charge in [-0.1, -0.05) is 17.9 Å². The topological polar surface area (TPSA) is 88.4 Å². The van der Waals surface area contributed by atoms with Gasteiger partial charge < -0.3 is 20.2 Å². The normalized spacial score (nSPS) is 32.3. The third-order valence-electron chi connectivity index (χ3n) is 4.33. The minimum Gasteiger partial charge on any atom is -0.407 e. The first kappa shape index (κ1) is 11.9. The molecule has 1 aromatic rings. The van der Waals surface area contributed by atoms with Gasteiger partial charge in [0, 0.05) is 19.0 Å². The highest BCUT2D eigenvalue weighted by atomic mass is 16.4. The number of nitrogens with zero attached hydrogens (tertiary/aromatic N) is 3. The summed E-state index contributed by atoms with van der Waals surface area (Å²) in [5.41, 5.74) is 5.00. The fraction of sp³-hybridized carbons (Fsp3) is 0.833. The first-order valence-electron chi connectivity index (χ1n) is 6.71. The first-order chi connectivity index (χ1) is 8.71. The van der Waals surface area contributed by atoms with Crippen molar-refractivity contribution in [1.82, 2.24) is 10.2 Å². The van der Waals surface area contributed by atoms with Crippen molar-refractivity contribution in [2.75, 3.05) is 18.0 Å². The molecule has 1 saturated carbocycles. The van der Waals surface area contributed by atoms with Gasteiger partial charge in [-0.05, 0) is 19.3 Å². The average molecular weight is 252 g/mol. The molecular formula is C12H20N4O2. The highest BCUT2D eigenvalue weighted by molar-refractivity contribution is 5.27. The molecule has 6 nitrogen and oxygen atoms in total. The summed E-state index contributed by atoms with van der Waals surface area (Å²) in [6.07, 6.45) is 5.16. The fourth-order valence-electron chi connectivity index (χ4n) is 3.20. The minimum absolute atomic E-state index is 0.272. The summed E-state index contributed by atoms with van der Waals surface area (Å²) in [5.74, 6) is 0.794. The second-order valence-corrected chi connectivity index (χ2v) is 5.42. The predicted molar refractivity (Wildman–Crippen MR) is 65.9 cm³/mol. The first-order valence-corrected chi connectivity index (χ1v) is 6.71. The molecule has 2 fully saturated rings. The largest absolute Gasteiger partial charge is 0.407 e. The molecule has 2 aliphatic rings. The van der Waals surface area contributed by atoms with Gasteiger partial charge in [0.2, 0.25) is 5.89 Å². The zero-order valence-corrected chi connectivity index (χ0v) is 10.5. The van der Waals surface area contributed by atoms with E-state index < -0.39 is 5.60 Å². The van der Waals surface area contributed by atoms with E-state index in [1.807, 2.05) is 0 Å². The van der Waals surface area contributed by atoms with Crippen molar-refractivity contribution < 1.29 is 9.52 Å². The molecule has 0 bridgehead atoms. The molecule has 0 aromatic carbocycles. The monoisotopic (exact) mass is 252 g/mol. The van der Waals surface area contributed by atoms with Crippen molar-refractivity contribution in [3.8, 4) is 0 Å². The lowest BCUT2D eigenvalue weighted by atomic mass is 9.71. The number of aliphatic hydroxyl groups is 1. The van der Waals surface area contributed by atoms with Crippen LogP contribution in [-0.2, 0) is 6.54 Å². The number of fused-ring (bicyclic) bond motifs is 1. The molecule has 1 aliphatic heterocycles. The molecular weight excluding hydrogens is 232 g/mol. The Hall–Kier alpha value is -1.14. The molecule has 1 aliphatic carbocycles. The maximum atomic E-state index is 10.6. The maximum Gasteiger partial charge on any atom is 0.318 e. The zero-order valence-electron chi connectivity index (χ0n) is 10.5. The van der Waals surface area contributed by atoms with Crippen LogP contribution in [0.15, 0.2) is 4.42 Å². The van der Waals surface area contributed by atoms with E-state index in [0.717, 1.165) is 38.8 Å². The van der Waals surface area contributed by atoms with Gasteiger partial charge in [0.15, 0.2) is 0 Å². The number of rotatable bonds is 2. The molecule has 1 saturated heterocycles. The number of nitrogens with two attached hydrogens (primary N) is 1. The van der Waals surface area contributed by atoms with Crippen LogP contribution in [0.5, 0.6) is 0 Å². The van der Waals surface area contributed by atoms with Gasteiger partial charge in [0.1, 0.15) is 0 Å². The summed E-state index contributed by atoms with van der Waals surface area (Å²) in [7, 11) is 0. The van der Waals surface area contributed by atoms with E-state index in [1.54, 1.807) is 0 Å². The van der Waals surface area contributed by atoms with Crippen molar-refractivity contribution in [1.29, 1.82) is 0 Å². The summed E-state index contributed by atoms with van der Waals surface area (Å²) in [6, 6.07) is 0.545. The molecule has 0 radical (unpaired) electrons. The van der Waals surface area contributed by atoms with Crippen molar-refractivity contribution >= 4 is 6.01 Å². The molecule has 100 valence electrons. The standard InChI is InChI=1S/C12H20N4O2/c13-7-10-14-15-11(18-10)16-6-5-12(17)4-2-1-3-9(12)8-16/h9,17H,1-8,13H2. The Labute approximate surface area is 106 Å². The average Bonchev–Trinajstić information content (AvgIpc) is 2.86. The number of anilines is 1. The zero-order chi connectivity index (χ0) is 12.6. The Morgan fingerprint density at radius 3 is 3.06 bits per heavy atom. The number of hydrogen-bond acceptors (Lipinski definition) is 6. The van der Waals surface area contributed by atoms with Crippen LogP contribution < -0.4 is 10.6 Å². The summed E-state index contributed by atoms with van der Waals surface area (Å²) >= 11 is 0. The van der Waals surface area contributed by atoms with E-state index in [0.29, 0.717) is 17.8 Å². The Balaban J connectivity index is 1.73. The van der Waals surface area contributed by atoms with E-state index in [9.17, 15) is 5.11 Å². The molecule has 3 rings (SSSR count). The Bertz CT molecular complexity index is 422. The molecule has 2 unspecified atom stereocenters. The van der Waals surface area contributed by atoms with Crippen molar-refractivity contribution in [2.45, 2.75) is 44.2 Å². The molecule has 6 heteroatoms. The lowest BCUT2D eigenvalue weighted by Gasteiger charge is -2.46. The molecule has 0 amide bonds. The van der Waals surface area contributed by atoms with Gasteiger partial charge in [0.05, 0.1) is 12.1 Å². The lowest BCUT2D eigenvalue weighted by Crippen LogP contribution is -2.53. The fourth-order valence-corrected chi connectivity index (χ4v) is 3.20. The van der Waals surface area contributed by atoms with Crippen LogP contribution in [0.1, 0.15) is 38.0 Å². The summed E-state index contributed by atoms with van der Waals surface area (Å²) in [6.45, 7) is 1.86. The van der Waals surface area contributed by atoms with Crippen LogP contribution in [0.4, 0.5) is 6.01 Å². The number of aromatic nitrogens is 2. The Kier molecular flexibility index (Phi) is 2.99. The Morgan fingerprint density at radius 2 is 2.28 bits per heavy atom. The molecule has 0 spiro atoms. The third-order valence-corrected chi connectivity index (χ3v) is 4.33. The van der Waals surface area contributed by atoms with Gasteiger partial charge in [-0.25, -0.2) is 0 Å². The predicted octanol–water partition coefficient (Wildman–Crippen LogP) is 0.660. The van der Waals surface area contributed by atoms with E-state index in [-0.39, 0.29) is 6.54 Å². The summed E-state index contributed by atoms with van der Waals surface area (Å²) in [5, 5.41) is 18.5. The van der Waals surface area contributed by atoms with E-state index >= 15 is 0 Å². The molecule has 2 heterocycles. The second kappa shape index (κ2) is 4.51. The maximum absolute atomic E-state index is 10.6. The second-order valence-electron chi connectivity index (χ2n) is 5.42. The van der Waals surface area contributed by atoms with Gasteiger partial charge in [-0.2, -0.15) is 0 Å². The van der Waals surface area contributed by atoms with Crippen molar-refractivity contribution in [2.24, 2.45) is 11.7 Å². The van der Waals surface area contributed by atoms with Crippen LogP contribution in [0.25, 0.3) is 0 Å². The summed E-state index contributed by atoms with van der Waals surface area (Å²) < 4.78 is 5.48. The Morgan fingerprint density at radius 1 is 1.39 bits per heavy atom. The van der Waals surface area contributed by atoms with Crippen LogP contribution >= 0.6 is 0 Å². The molecule has 18 heavy (non-hydrogen) atoms. The van der Waals surface area contributed by atoms with Crippen LogP contribution in [0.2, 0.25) is 0 Å². The lowest BCUT2D eigenvalue weighted by molar-refractivity contribution is -0.0619. The van der Waals surface area contributed by atoms with Gasteiger partial charge in [0.25, 0.3) is 0 Å². The van der Waals surface area contributed by atoms with Gasteiger partial charge in [-0.15, -0.1) is 5.10 Å². The van der Waals surface area contributed by atoms with E-state index in [4.69, 9.17) is 10.2 Å². The highest BCUT2D eigenvalue weighted by Gasteiger charge is 2.43. The molecule has 1 aromatic heterocycles. The van der Waals surface area contributed by atoms with Crippen molar-refractivity contribution in [3.05, 3.63) is 5.89 Å². The summed E-state index contributed by atoms with van der Waals surface area (Å²) in [4.78, 5) is 2.08. The van der Waals surface area contributed by atoms with Gasteiger partial charge >= 0.3 is 6.01 Å². The van der Waals surface area contributed by atoms with E-state index in [1.165, 1.54) is 6.42 Å². The number of hydrogen-bond donors (Lipinski definition) is 2. The minimum atomic E-state index is -0.467. The van der Waals surface area contributed by atoms with E-state index in [2.05, 4.69) is 15.1 Å². The van der Waals surface area contributed by atoms with Crippen molar-refractivity contribution in [3.63, 3.8) is 0 Å². The van der Waals surface area contributed by atoms with Crippen LogP contribution in [0.3, 0.4) is 0 Å². The van der Waals surface area contributed by atoms with Gasteiger partial charge in [-0.3, -0.25) is 0 Å². The molecule has 2 atom stereocenters. The van der Waals surface area contributed by atoms with Crippen LogP contribution in [0, 0.1) is 5.92 Å².